The van der Waals surface area contributed by atoms with Gasteiger partial charge in [-0.25, -0.2) is 9.97 Å². The van der Waals surface area contributed by atoms with Crippen molar-refractivity contribution in [3.63, 3.8) is 0 Å². The first-order valence-electron chi connectivity index (χ1n) is 7.63. The van der Waals surface area contributed by atoms with Gasteiger partial charge in [0.25, 0.3) is 0 Å². The Morgan fingerprint density at radius 3 is 2.52 bits per heavy atom. The molecule has 0 aliphatic heterocycles. The largest absolute Gasteiger partial charge is 0.292 e. The van der Waals surface area contributed by atoms with Gasteiger partial charge in [0.2, 0.25) is 0 Å². The van der Waals surface area contributed by atoms with Crippen LogP contribution >= 0.6 is 0 Å². The van der Waals surface area contributed by atoms with Crippen LogP contribution in [0.15, 0.2) is 54.6 Å². The van der Waals surface area contributed by atoms with Gasteiger partial charge >= 0.3 is 0 Å². The summed E-state index contributed by atoms with van der Waals surface area (Å²) in [5.41, 5.74) is 4.25. The maximum atomic E-state index is 12.0. The van der Waals surface area contributed by atoms with Crippen LogP contribution in [-0.2, 0) is 0 Å². The van der Waals surface area contributed by atoms with E-state index in [4.69, 9.17) is 4.98 Å². The van der Waals surface area contributed by atoms with Crippen LogP contribution in [-0.4, -0.2) is 15.8 Å². The number of carbonyl (C=O) groups is 1. The second-order valence-corrected chi connectivity index (χ2v) is 5.84. The molecular formula is C20H12N2O. The van der Waals surface area contributed by atoms with Gasteiger partial charge in [-0.15, -0.1) is 0 Å². The van der Waals surface area contributed by atoms with Gasteiger partial charge < -0.3 is 0 Å². The lowest BCUT2D eigenvalue weighted by molar-refractivity contribution is 0.0990. The molecule has 0 bridgehead atoms. The first-order chi connectivity index (χ1) is 11.3. The van der Waals surface area contributed by atoms with Crippen molar-refractivity contribution in [3.8, 4) is 0 Å². The van der Waals surface area contributed by atoms with Crippen molar-refractivity contribution in [2.75, 3.05) is 0 Å². The first kappa shape index (κ1) is 12.5. The maximum Gasteiger partial charge on any atom is 0.185 e. The second-order valence-electron chi connectivity index (χ2n) is 5.84. The standard InChI is InChI=1S/C20H12N2O/c23-19-7-3-5-13-11-15-14-10-12-4-1-2-6-16(12)21-17(14)8-9-18(15)22-20(13)19/h1-6,8-11H,7H2. The smallest absolute Gasteiger partial charge is 0.185 e. The molecule has 3 heteroatoms. The Morgan fingerprint density at radius 1 is 0.826 bits per heavy atom. The summed E-state index contributed by atoms with van der Waals surface area (Å²) in [5.74, 6) is 0.0844. The number of rotatable bonds is 0. The van der Waals surface area contributed by atoms with Crippen molar-refractivity contribution in [3.05, 3.63) is 65.9 Å². The summed E-state index contributed by atoms with van der Waals surface area (Å²) in [6, 6.07) is 16.2. The summed E-state index contributed by atoms with van der Waals surface area (Å²) in [4.78, 5) is 21.4. The van der Waals surface area contributed by atoms with Gasteiger partial charge in [0.05, 0.1) is 16.6 Å². The molecule has 3 nitrogen and oxygen atoms in total. The highest BCUT2D eigenvalue weighted by Gasteiger charge is 2.16. The number of hydrogen-bond acceptors (Lipinski definition) is 3. The van der Waals surface area contributed by atoms with Crippen molar-refractivity contribution >= 4 is 44.6 Å². The zero-order valence-corrected chi connectivity index (χ0v) is 12.3. The predicted octanol–water partition coefficient (Wildman–Crippen LogP) is 4.54. The quantitative estimate of drug-likeness (QED) is 0.353. The molecule has 0 saturated carbocycles. The third-order valence-electron chi connectivity index (χ3n) is 4.39. The highest BCUT2D eigenvalue weighted by molar-refractivity contribution is 6.11. The molecule has 2 heterocycles. The van der Waals surface area contributed by atoms with E-state index in [-0.39, 0.29) is 5.78 Å². The van der Waals surface area contributed by atoms with E-state index in [1.54, 1.807) is 0 Å². The number of aromatic nitrogens is 2. The highest BCUT2D eigenvalue weighted by Crippen LogP contribution is 2.29. The van der Waals surface area contributed by atoms with E-state index in [0.717, 1.165) is 38.3 Å². The van der Waals surface area contributed by atoms with Crippen molar-refractivity contribution in [2.45, 2.75) is 6.42 Å². The Kier molecular flexibility index (Phi) is 2.42. The summed E-state index contributed by atoms with van der Waals surface area (Å²) in [6.45, 7) is 0. The topological polar surface area (TPSA) is 42.9 Å². The number of para-hydroxylation sites is 1. The summed E-state index contributed by atoms with van der Waals surface area (Å²) >= 11 is 0. The molecule has 0 unspecified atom stereocenters. The van der Waals surface area contributed by atoms with Crippen LogP contribution in [0.5, 0.6) is 0 Å². The van der Waals surface area contributed by atoms with Gasteiger partial charge in [-0.05, 0) is 30.3 Å². The predicted molar refractivity (Wildman–Crippen MR) is 92.5 cm³/mol. The SMILES string of the molecule is O=C1CC=Cc2cc3c(ccc4nc5ccccc5cc43)nc21. The van der Waals surface area contributed by atoms with Gasteiger partial charge in [0.15, 0.2) is 5.78 Å². The normalized spacial score (nSPS) is 13.8. The third-order valence-corrected chi connectivity index (χ3v) is 4.39. The van der Waals surface area contributed by atoms with Gasteiger partial charge in [0.1, 0.15) is 5.69 Å². The van der Waals surface area contributed by atoms with E-state index in [0.29, 0.717) is 12.1 Å². The van der Waals surface area contributed by atoms with Gasteiger partial charge in [-0.1, -0.05) is 30.4 Å². The fourth-order valence-electron chi connectivity index (χ4n) is 3.26. The van der Waals surface area contributed by atoms with Gasteiger partial charge in [-0.3, -0.25) is 4.79 Å². The summed E-state index contributed by atoms with van der Waals surface area (Å²) < 4.78 is 0. The molecule has 0 amide bonds. The van der Waals surface area contributed by atoms with E-state index in [1.165, 1.54) is 0 Å². The molecule has 1 aliphatic rings. The van der Waals surface area contributed by atoms with E-state index in [1.807, 2.05) is 42.5 Å². The Balaban J connectivity index is 1.93. The van der Waals surface area contributed by atoms with Crippen LogP contribution in [0.25, 0.3) is 38.8 Å². The fourth-order valence-corrected chi connectivity index (χ4v) is 3.26. The Hall–Kier alpha value is -3.07. The molecule has 0 radical (unpaired) electrons. The number of allylic oxidation sites excluding steroid dienone is 1. The molecule has 2 aromatic carbocycles. The zero-order valence-electron chi connectivity index (χ0n) is 12.3. The molecule has 108 valence electrons. The van der Waals surface area contributed by atoms with Crippen molar-refractivity contribution < 1.29 is 4.79 Å². The second kappa shape index (κ2) is 4.46. The molecule has 2 aromatic heterocycles. The van der Waals surface area contributed by atoms with Crippen molar-refractivity contribution in [1.82, 2.24) is 9.97 Å². The number of pyridine rings is 2. The average molecular weight is 296 g/mol. The zero-order chi connectivity index (χ0) is 15.4. The first-order valence-corrected chi connectivity index (χ1v) is 7.63. The highest BCUT2D eigenvalue weighted by atomic mass is 16.1. The number of fused-ring (bicyclic) bond motifs is 5. The van der Waals surface area contributed by atoms with E-state index in [2.05, 4.69) is 23.2 Å². The number of ketones is 1. The fraction of sp³-hybridized carbons (Fsp3) is 0.0500. The lowest BCUT2D eigenvalue weighted by Crippen LogP contribution is -2.07. The Morgan fingerprint density at radius 2 is 1.61 bits per heavy atom. The molecule has 4 aromatic rings. The number of benzene rings is 2. The Labute approximate surface area is 132 Å². The summed E-state index contributed by atoms with van der Waals surface area (Å²) in [5, 5.41) is 3.22. The number of carbonyl (C=O) groups excluding carboxylic acids is 1. The van der Waals surface area contributed by atoms with Gasteiger partial charge in [-0.2, -0.15) is 0 Å². The minimum absolute atomic E-state index is 0.0844. The van der Waals surface area contributed by atoms with Crippen molar-refractivity contribution in [2.24, 2.45) is 0 Å². The molecule has 0 fully saturated rings. The number of hydrogen-bond donors (Lipinski definition) is 0. The molecule has 0 atom stereocenters. The molecular weight excluding hydrogens is 284 g/mol. The number of nitrogens with zero attached hydrogens (tertiary/aromatic N) is 2. The maximum absolute atomic E-state index is 12.0. The minimum Gasteiger partial charge on any atom is -0.292 e. The van der Waals surface area contributed by atoms with Crippen LogP contribution in [0.2, 0.25) is 0 Å². The summed E-state index contributed by atoms with van der Waals surface area (Å²) in [7, 11) is 0. The van der Waals surface area contributed by atoms with Crippen LogP contribution in [0.4, 0.5) is 0 Å². The molecule has 0 saturated heterocycles. The molecule has 23 heavy (non-hydrogen) atoms. The average Bonchev–Trinajstić information content (AvgIpc) is 2.59. The third kappa shape index (κ3) is 1.80. The lowest BCUT2D eigenvalue weighted by Gasteiger charge is -2.11. The van der Waals surface area contributed by atoms with E-state index < -0.39 is 0 Å². The van der Waals surface area contributed by atoms with Crippen LogP contribution in [0.1, 0.15) is 22.5 Å². The van der Waals surface area contributed by atoms with E-state index >= 15 is 0 Å². The van der Waals surface area contributed by atoms with Crippen molar-refractivity contribution in [1.29, 1.82) is 0 Å². The monoisotopic (exact) mass is 296 g/mol. The summed E-state index contributed by atoms with van der Waals surface area (Å²) in [6.07, 6.45) is 4.32. The number of Topliss-reactive ketones (excluding diaryl/α,β-unsaturated/α-hetero) is 1. The lowest BCUT2D eigenvalue weighted by atomic mass is 9.98. The van der Waals surface area contributed by atoms with Crippen LogP contribution < -0.4 is 0 Å². The molecule has 0 N–H and O–H groups in total. The van der Waals surface area contributed by atoms with Crippen LogP contribution in [0.3, 0.4) is 0 Å². The van der Waals surface area contributed by atoms with Crippen LogP contribution in [0, 0.1) is 0 Å². The molecule has 1 aliphatic carbocycles. The van der Waals surface area contributed by atoms with Gasteiger partial charge in [0, 0.05) is 28.1 Å². The molecule has 5 rings (SSSR count). The molecule has 0 spiro atoms. The Bertz CT molecular complexity index is 1160. The van der Waals surface area contributed by atoms with E-state index in [9.17, 15) is 4.79 Å². The minimum atomic E-state index is 0.0844.